The average molecular weight is 276 g/mol. The smallest absolute Gasteiger partial charge is 0.0222 e. The molecule has 1 aliphatic heterocycles. The lowest BCUT2D eigenvalue weighted by molar-refractivity contribution is -0.162. The zero-order valence-corrected chi connectivity index (χ0v) is 13.5. The Morgan fingerprint density at radius 1 is 0.850 bits per heavy atom. The van der Waals surface area contributed by atoms with E-state index in [-0.39, 0.29) is 0 Å². The molecule has 20 heavy (non-hydrogen) atoms. The summed E-state index contributed by atoms with van der Waals surface area (Å²) < 4.78 is 0. The zero-order chi connectivity index (χ0) is 13.8. The molecule has 0 spiro atoms. The summed E-state index contributed by atoms with van der Waals surface area (Å²) in [5.41, 5.74) is 1.91. The van der Waals surface area contributed by atoms with Gasteiger partial charge in [-0.3, -0.25) is 4.90 Å². The summed E-state index contributed by atoms with van der Waals surface area (Å²) in [6, 6.07) is 0. The summed E-state index contributed by atoms with van der Waals surface area (Å²) in [6.45, 7) is 10.3. The third kappa shape index (κ3) is 2.14. The Hall–Kier alpha value is -0.0800. The van der Waals surface area contributed by atoms with Crippen molar-refractivity contribution >= 4 is 0 Å². The van der Waals surface area contributed by atoms with Crippen LogP contribution in [0.15, 0.2) is 0 Å². The maximum Gasteiger partial charge on any atom is 0.0222 e. The lowest BCUT2D eigenvalue weighted by Crippen LogP contribution is -2.65. The van der Waals surface area contributed by atoms with Crippen molar-refractivity contribution in [2.45, 2.75) is 70.8 Å². The molecular weight excluding hydrogens is 244 g/mol. The Morgan fingerprint density at radius 3 is 2.00 bits per heavy atom. The molecule has 2 unspecified atom stereocenters. The molecule has 4 saturated carbocycles. The highest BCUT2D eigenvalue weighted by atomic mass is 15.2. The minimum Gasteiger partial charge on any atom is -0.317 e. The molecule has 2 nitrogen and oxygen atoms in total. The Balaban J connectivity index is 1.62. The van der Waals surface area contributed by atoms with Crippen molar-refractivity contribution in [2.75, 3.05) is 26.2 Å². The van der Waals surface area contributed by atoms with Gasteiger partial charge in [-0.2, -0.15) is 0 Å². The molecule has 2 heteroatoms. The van der Waals surface area contributed by atoms with Gasteiger partial charge >= 0.3 is 0 Å². The molecule has 0 radical (unpaired) electrons. The van der Waals surface area contributed by atoms with Crippen LogP contribution in [0.5, 0.6) is 0 Å². The predicted molar refractivity (Wildman–Crippen MR) is 83.8 cm³/mol. The van der Waals surface area contributed by atoms with Gasteiger partial charge in [0.15, 0.2) is 0 Å². The average Bonchev–Trinajstić information content (AvgIpc) is 2.21. The summed E-state index contributed by atoms with van der Waals surface area (Å²) in [4.78, 5) is 2.95. The molecule has 1 N–H and O–H groups in total. The quantitative estimate of drug-likeness (QED) is 0.789. The van der Waals surface area contributed by atoms with E-state index in [9.17, 15) is 0 Å². The first-order chi connectivity index (χ1) is 9.51. The molecule has 0 aromatic rings. The summed E-state index contributed by atoms with van der Waals surface area (Å²) in [5.74, 6) is 1.03. The van der Waals surface area contributed by atoms with Gasteiger partial charge in [0.2, 0.25) is 0 Å². The molecule has 5 fully saturated rings. The van der Waals surface area contributed by atoms with Gasteiger partial charge in [0.05, 0.1) is 0 Å². The van der Waals surface area contributed by atoms with Crippen molar-refractivity contribution in [3.8, 4) is 0 Å². The van der Waals surface area contributed by atoms with Crippen LogP contribution in [0.3, 0.4) is 0 Å². The van der Waals surface area contributed by atoms with Crippen molar-refractivity contribution in [2.24, 2.45) is 16.7 Å². The SMILES string of the molecule is CC12CC3CC(C)(C1)CC(N1CCCNCCC1)(C3)C2. The maximum absolute atomic E-state index is 3.57. The Labute approximate surface area is 124 Å². The number of nitrogens with zero attached hydrogens (tertiary/aromatic N) is 1. The van der Waals surface area contributed by atoms with Gasteiger partial charge in [0.1, 0.15) is 0 Å². The summed E-state index contributed by atoms with van der Waals surface area (Å²) in [7, 11) is 0. The van der Waals surface area contributed by atoms with Crippen molar-refractivity contribution in [3.63, 3.8) is 0 Å². The summed E-state index contributed by atoms with van der Waals surface area (Å²) in [5, 5.41) is 3.57. The van der Waals surface area contributed by atoms with Crippen LogP contribution in [-0.4, -0.2) is 36.6 Å². The normalized spacial score (nSPS) is 52.8. The Bertz CT molecular complexity index is 365. The lowest BCUT2D eigenvalue weighted by Gasteiger charge is -2.68. The second-order valence-electron chi connectivity index (χ2n) is 9.30. The highest BCUT2D eigenvalue weighted by Gasteiger charge is 2.61. The zero-order valence-electron chi connectivity index (χ0n) is 13.5. The van der Waals surface area contributed by atoms with Crippen LogP contribution >= 0.6 is 0 Å². The number of hydrogen-bond donors (Lipinski definition) is 1. The minimum atomic E-state index is 0.584. The lowest BCUT2D eigenvalue weighted by atomic mass is 9.42. The molecule has 4 bridgehead atoms. The standard InChI is InChI=1S/C18H32N2/c1-16-9-15-10-17(2,12-16)14-18(11-15,13-16)20-7-3-5-19-6-4-8-20/h15,19H,3-14H2,1-2H3. The van der Waals surface area contributed by atoms with Gasteiger partial charge in [-0.05, 0) is 94.3 Å². The van der Waals surface area contributed by atoms with Gasteiger partial charge in [0.25, 0.3) is 0 Å². The van der Waals surface area contributed by atoms with E-state index >= 15 is 0 Å². The molecule has 0 aromatic heterocycles. The third-order valence-corrected chi connectivity index (χ3v) is 6.83. The topological polar surface area (TPSA) is 15.3 Å². The van der Waals surface area contributed by atoms with Crippen molar-refractivity contribution in [1.82, 2.24) is 10.2 Å². The molecule has 2 atom stereocenters. The monoisotopic (exact) mass is 276 g/mol. The fourth-order valence-electron chi connectivity index (χ4n) is 7.24. The fraction of sp³-hybridized carbons (Fsp3) is 1.00. The number of nitrogens with one attached hydrogen (secondary N) is 1. The molecular formula is C18H32N2. The fourth-order valence-corrected chi connectivity index (χ4v) is 7.24. The van der Waals surface area contributed by atoms with E-state index in [1.807, 2.05) is 0 Å². The van der Waals surface area contributed by atoms with E-state index in [1.165, 1.54) is 77.5 Å². The Morgan fingerprint density at radius 2 is 1.45 bits per heavy atom. The first kappa shape index (κ1) is 13.6. The largest absolute Gasteiger partial charge is 0.317 e. The van der Waals surface area contributed by atoms with E-state index < -0.39 is 0 Å². The van der Waals surface area contributed by atoms with Crippen molar-refractivity contribution < 1.29 is 0 Å². The van der Waals surface area contributed by atoms with Crippen molar-refractivity contribution in [1.29, 1.82) is 0 Å². The van der Waals surface area contributed by atoms with Crippen LogP contribution in [0.1, 0.15) is 65.2 Å². The second-order valence-corrected chi connectivity index (χ2v) is 9.30. The van der Waals surface area contributed by atoms with E-state index in [0.29, 0.717) is 16.4 Å². The van der Waals surface area contributed by atoms with Crippen LogP contribution in [-0.2, 0) is 0 Å². The highest BCUT2D eigenvalue weighted by Crippen LogP contribution is 2.67. The minimum absolute atomic E-state index is 0.584. The van der Waals surface area contributed by atoms with Crippen LogP contribution in [0.4, 0.5) is 0 Å². The first-order valence-corrected chi connectivity index (χ1v) is 8.97. The number of rotatable bonds is 1. The van der Waals surface area contributed by atoms with Crippen LogP contribution in [0.25, 0.3) is 0 Å². The molecule has 0 amide bonds. The van der Waals surface area contributed by atoms with E-state index in [1.54, 1.807) is 0 Å². The molecule has 1 heterocycles. The molecule has 0 aromatic carbocycles. The van der Waals surface area contributed by atoms with E-state index in [2.05, 4.69) is 24.1 Å². The molecule has 114 valence electrons. The molecule has 4 aliphatic carbocycles. The molecule has 5 aliphatic rings. The molecule has 5 rings (SSSR count). The third-order valence-electron chi connectivity index (χ3n) is 6.83. The van der Waals surface area contributed by atoms with Crippen LogP contribution < -0.4 is 5.32 Å². The van der Waals surface area contributed by atoms with E-state index in [4.69, 9.17) is 0 Å². The summed E-state index contributed by atoms with van der Waals surface area (Å²) >= 11 is 0. The maximum atomic E-state index is 3.57. The van der Waals surface area contributed by atoms with Gasteiger partial charge in [-0.15, -0.1) is 0 Å². The van der Waals surface area contributed by atoms with Crippen LogP contribution in [0, 0.1) is 16.7 Å². The molecule has 1 saturated heterocycles. The first-order valence-electron chi connectivity index (χ1n) is 8.97. The van der Waals surface area contributed by atoms with Gasteiger partial charge in [-0.1, -0.05) is 13.8 Å². The van der Waals surface area contributed by atoms with Crippen molar-refractivity contribution in [3.05, 3.63) is 0 Å². The van der Waals surface area contributed by atoms with E-state index in [0.717, 1.165) is 5.92 Å². The Kier molecular flexibility index (Phi) is 3.03. The van der Waals surface area contributed by atoms with Gasteiger partial charge < -0.3 is 5.32 Å². The predicted octanol–water partition coefficient (Wildman–Crippen LogP) is 3.42. The highest BCUT2D eigenvalue weighted by molar-refractivity contribution is 5.15. The van der Waals surface area contributed by atoms with Crippen LogP contribution in [0.2, 0.25) is 0 Å². The second kappa shape index (κ2) is 4.46. The van der Waals surface area contributed by atoms with Gasteiger partial charge in [0, 0.05) is 5.54 Å². The number of hydrogen-bond acceptors (Lipinski definition) is 2. The van der Waals surface area contributed by atoms with Gasteiger partial charge in [-0.25, -0.2) is 0 Å². The summed E-state index contributed by atoms with van der Waals surface area (Å²) in [6.07, 6.45) is 11.8.